The third-order valence-corrected chi connectivity index (χ3v) is 12.9. The molecule has 21 N–H and O–H groups in total. The molecule has 0 aromatic carbocycles. The van der Waals surface area contributed by atoms with Crippen LogP contribution in [0.5, 0.6) is 0 Å². The summed E-state index contributed by atoms with van der Waals surface area (Å²) < 4.78 is 57.0. The van der Waals surface area contributed by atoms with E-state index in [1.54, 1.807) is 0 Å². The minimum atomic E-state index is -2.26. The predicted octanol–water partition coefficient (Wildman–Crippen LogP) is -14.2. The molecule has 0 spiro atoms. The summed E-state index contributed by atoms with van der Waals surface area (Å²) in [5.74, 6) is -1.65. The van der Waals surface area contributed by atoms with Gasteiger partial charge in [0.05, 0.1) is 46.2 Å². The number of hydrogen-bond donors (Lipinski definition) is 21. The maximum absolute atomic E-state index is 12.6. The van der Waals surface area contributed by atoms with E-state index in [9.17, 15) is 107 Å². The molecule has 29 atom stereocenters. The zero-order valence-electron chi connectivity index (χ0n) is 39.1. The largest absolute Gasteiger partial charge is 0.394 e. The summed E-state index contributed by atoms with van der Waals surface area (Å²) in [5, 5.41) is 205. The number of nitrogens with one attached hydrogen (secondary N) is 2. The van der Waals surface area contributed by atoms with Gasteiger partial charge in [-0.2, -0.15) is 0 Å². The summed E-state index contributed by atoms with van der Waals surface area (Å²) in [5.41, 5.74) is 0. The highest BCUT2D eigenvalue weighted by Gasteiger charge is 2.56. The molecule has 33 nitrogen and oxygen atoms in total. The van der Waals surface area contributed by atoms with Gasteiger partial charge < -0.3 is 155 Å². The molecule has 0 unspecified atom stereocenters. The Labute approximate surface area is 414 Å². The Morgan fingerprint density at radius 1 is 0.438 bits per heavy atom. The van der Waals surface area contributed by atoms with E-state index in [1.165, 1.54) is 0 Å². The van der Waals surface area contributed by atoms with Crippen LogP contribution in [0.3, 0.4) is 0 Å². The summed E-state index contributed by atoms with van der Waals surface area (Å²) >= 11 is 0. The molecular weight excluding hydrogens is 1000 g/mol. The van der Waals surface area contributed by atoms with Crippen molar-refractivity contribution in [2.45, 2.75) is 192 Å². The summed E-state index contributed by atoms with van der Waals surface area (Å²) in [6.07, 6.45) is -52.6. The van der Waals surface area contributed by atoms with Crippen LogP contribution in [0, 0.1) is 0 Å². The van der Waals surface area contributed by atoms with E-state index < -0.39 is 236 Å². The van der Waals surface area contributed by atoms with Crippen molar-refractivity contribution in [2.75, 3.05) is 46.2 Å². The van der Waals surface area contributed by atoms with E-state index in [1.807, 2.05) is 0 Å². The standard InChI is InChI=1S/C40H70N2O31/c1-10(49)41-19-26(58)22(54)14(5-45)65-37(19)72-35-25(57)18(69-40(31(35)63)70-32(13(52)4-44)21(53)12(51)3-43)9-64-36-20(42-11(2)50)27(59)33(17(8-48)68-36)71-39-30(62)34(24(56)16(7-47)67-39)73-38-29(61)28(60)23(55)15(6-46)66-38/h12-40,43-48,51-63H,3-9H2,1-2H3,(H,41,49)(H,42,50)/t12-,13+,14+,15+,16+,17+,18+,19+,20+,21+,22+,23-,24-,25-,26+,27+,28-,29+,30+,31+,32+,33+,34-,35-,36+,37-,38+,39-,40-/m0/s1. The van der Waals surface area contributed by atoms with Crippen LogP contribution in [0.2, 0.25) is 0 Å². The van der Waals surface area contributed by atoms with Crippen LogP contribution in [0.1, 0.15) is 13.8 Å². The topological polar surface area (TPSA) is 535 Å². The molecule has 0 radical (unpaired) electrons. The molecule has 2 amide bonds. The maximum atomic E-state index is 12.6. The van der Waals surface area contributed by atoms with Gasteiger partial charge in [0, 0.05) is 13.8 Å². The van der Waals surface area contributed by atoms with Crippen LogP contribution in [0.4, 0.5) is 0 Å². The van der Waals surface area contributed by atoms with Crippen molar-refractivity contribution in [3.05, 3.63) is 0 Å². The number of rotatable bonds is 22. The molecule has 5 rings (SSSR count). The van der Waals surface area contributed by atoms with E-state index in [4.69, 9.17) is 47.4 Å². The molecule has 5 aliphatic rings. The molecule has 73 heavy (non-hydrogen) atoms. The number of hydrogen-bond acceptors (Lipinski definition) is 31. The highest BCUT2D eigenvalue weighted by molar-refractivity contribution is 5.73. The third kappa shape index (κ3) is 14.1. The van der Waals surface area contributed by atoms with Gasteiger partial charge in [0.25, 0.3) is 0 Å². The SMILES string of the molecule is CC(=O)N[C@H]1[C@H](OC[C@H]2O[C@@H](O[C@@H]([C@H](O)[C@@H](O)CO)[C@H](O)CO)[C@H](O)[C@@H](O[C@@H]3O[C@H](CO)[C@@H](O)[C@H](O)[C@H]3NC(C)=O)[C@H]2O)O[C@H](CO)[C@@H](O[C@@H]2O[C@H](CO)[C@H](O)[C@H](O[C@H]3O[C@H](CO)[C@H](O)[C@H](O)[C@H]3O)[C@H]2O)[C@@H]1O. The molecule has 5 saturated heterocycles. The van der Waals surface area contributed by atoms with Crippen molar-refractivity contribution < 1.29 is 154 Å². The van der Waals surface area contributed by atoms with Crippen molar-refractivity contribution in [3.63, 3.8) is 0 Å². The number of amides is 2. The summed E-state index contributed by atoms with van der Waals surface area (Å²) in [6.45, 7) is -5.03. The molecule has 0 bridgehead atoms. The molecule has 5 heterocycles. The predicted molar refractivity (Wildman–Crippen MR) is 225 cm³/mol. The van der Waals surface area contributed by atoms with Crippen LogP contribution in [0.25, 0.3) is 0 Å². The van der Waals surface area contributed by atoms with Gasteiger partial charge in [-0.15, -0.1) is 0 Å². The van der Waals surface area contributed by atoms with Gasteiger partial charge in [0.1, 0.15) is 146 Å². The van der Waals surface area contributed by atoms with E-state index in [0.717, 1.165) is 13.8 Å². The second-order valence-corrected chi connectivity index (χ2v) is 18.0. The Balaban J connectivity index is 1.41. The van der Waals surface area contributed by atoms with E-state index in [0.29, 0.717) is 0 Å². The average Bonchev–Trinajstić information content (AvgIpc) is 3.36. The van der Waals surface area contributed by atoms with Gasteiger partial charge in [-0.1, -0.05) is 0 Å². The lowest BCUT2D eigenvalue weighted by Gasteiger charge is -2.49. The van der Waals surface area contributed by atoms with Gasteiger partial charge in [-0.25, -0.2) is 0 Å². The highest BCUT2D eigenvalue weighted by Crippen LogP contribution is 2.35. The number of carbonyl (C=O) groups is 2. The van der Waals surface area contributed by atoms with E-state index in [2.05, 4.69) is 10.6 Å². The van der Waals surface area contributed by atoms with Gasteiger partial charge in [-0.3, -0.25) is 9.59 Å². The normalized spacial score (nSPS) is 45.2. The summed E-state index contributed by atoms with van der Waals surface area (Å²) in [4.78, 5) is 24.7. The second-order valence-electron chi connectivity index (χ2n) is 18.0. The van der Waals surface area contributed by atoms with Crippen LogP contribution in [-0.2, 0) is 57.0 Å². The van der Waals surface area contributed by atoms with Crippen LogP contribution in [-0.4, -0.2) is 333 Å². The Morgan fingerprint density at radius 3 is 1.37 bits per heavy atom. The first-order chi connectivity index (χ1) is 34.5. The van der Waals surface area contributed by atoms with Crippen molar-refractivity contribution >= 4 is 11.8 Å². The molecule has 0 aromatic rings. The average molecular weight is 1070 g/mol. The molecule has 426 valence electrons. The smallest absolute Gasteiger partial charge is 0.217 e. The number of carbonyl (C=O) groups excluding carboxylic acids is 2. The number of aliphatic hydroxyl groups excluding tert-OH is 19. The zero-order chi connectivity index (χ0) is 54.3. The lowest BCUT2D eigenvalue weighted by molar-refractivity contribution is -0.379. The Bertz CT molecular complexity index is 1700. The van der Waals surface area contributed by atoms with Crippen LogP contribution >= 0.6 is 0 Å². The van der Waals surface area contributed by atoms with Crippen molar-refractivity contribution in [1.29, 1.82) is 0 Å². The second kappa shape index (κ2) is 27.4. The molecule has 33 heteroatoms. The monoisotopic (exact) mass is 1070 g/mol. The molecule has 0 aliphatic carbocycles. The number of aliphatic hydroxyl groups is 19. The minimum Gasteiger partial charge on any atom is -0.394 e. The Morgan fingerprint density at radius 2 is 0.849 bits per heavy atom. The molecule has 5 fully saturated rings. The van der Waals surface area contributed by atoms with Gasteiger partial charge in [-0.05, 0) is 0 Å². The first kappa shape index (κ1) is 61.6. The Hall–Kier alpha value is -2.22. The van der Waals surface area contributed by atoms with E-state index >= 15 is 0 Å². The lowest BCUT2D eigenvalue weighted by Crippen LogP contribution is -2.69. The molecular formula is C40H70N2O31. The van der Waals surface area contributed by atoms with Gasteiger partial charge in [0.15, 0.2) is 31.5 Å². The van der Waals surface area contributed by atoms with Crippen molar-refractivity contribution in [1.82, 2.24) is 10.6 Å². The number of ether oxygens (including phenoxy) is 10. The molecule has 5 aliphatic heterocycles. The fourth-order valence-corrected chi connectivity index (χ4v) is 8.81. The zero-order valence-corrected chi connectivity index (χ0v) is 39.1. The first-order valence-electron chi connectivity index (χ1n) is 23.0. The van der Waals surface area contributed by atoms with Crippen molar-refractivity contribution in [2.24, 2.45) is 0 Å². The van der Waals surface area contributed by atoms with Crippen molar-refractivity contribution in [3.8, 4) is 0 Å². The fraction of sp³-hybridized carbons (Fsp3) is 0.950. The fourth-order valence-electron chi connectivity index (χ4n) is 8.81. The van der Waals surface area contributed by atoms with E-state index in [-0.39, 0.29) is 0 Å². The maximum Gasteiger partial charge on any atom is 0.217 e. The quantitative estimate of drug-likeness (QED) is 0.0479. The first-order valence-corrected chi connectivity index (χ1v) is 23.0. The highest BCUT2D eigenvalue weighted by atomic mass is 16.8. The molecule has 0 aromatic heterocycles. The third-order valence-electron chi connectivity index (χ3n) is 12.9. The van der Waals surface area contributed by atoms with Crippen LogP contribution in [0.15, 0.2) is 0 Å². The summed E-state index contributed by atoms with van der Waals surface area (Å²) in [6, 6.07) is -3.41. The van der Waals surface area contributed by atoms with Gasteiger partial charge in [0.2, 0.25) is 11.8 Å². The minimum absolute atomic E-state index is 0.799. The van der Waals surface area contributed by atoms with Gasteiger partial charge >= 0.3 is 0 Å². The lowest BCUT2D eigenvalue weighted by atomic mass is 9.94. The molecule has 0 saturated carbocycles. The van der Waals surface area contributed by atoms with Crippen LogP contribution < -0.4 is 10.6 Å². The Kier molecular flexibility index (Phi) is 23.1. The summed E-state index contributed by atoms with van der Waals surface area (Å²) in [7, 11) is 0.